The number of carboxylic acid groups (broad SMARTS) is 1. The van der Waals surface area contributed by atoms with E-state index in [0.717, 1.165) is 0 Å². The van der Waals surface area contributed by atoms with Crippen LogP contribution < -0.4 is 0 Å². The molecule has 0 aromatic carbocycles. The van der Waals surface area contributed by atoms with Crippen LogP contribution in [-0.2, 0) is 34.7 Å². The van der Waals surface area contributed by atoms with Crippen LogP contribution in [0.4, 0.5) is 0 Å². The van der Waals surface area contributed by atoms with Crippen LogP contribution in [0.3, 0.4) is 0 Å². The molecular formula is C6H5Cr2NO2. The first-order valence-electron chi connectivity index (χ1n) is 2.45. The number of hydrogen-bond acceptors (Lipinski definition) is 2. The Balaban J connectivity index is 0. The topological polar surface area (TPSA) is 50.2 Å². The molecule has 0 saturated heterocycles. The van der Waals surface area contributed by atoms with Gasteiger partial charge in [0.15, 0.2) is 0 Å². The molecule has 0 unspecified atom stereocenters. The molecule has 0 atom stereocenters. The van der Waals surface area contributed by atoms with E-state index in [2.05, 4.69) is 4.98 Å². The van der Waals surface area contributed by atoms with Gasteiger partial charge in [-0.3, -0.25) is 0 Å². The molecule has 0 spiro atoms. The molecule has 3 nitrogen and oxygen atoms in total. The molecule has 58 valence electrons. The van der Waals surface area contributed by atoms with Crippen molar-refractivity contribution in [2.45, 2.75) is 0 Å². The van der Waals surface area contributed by atoms with Crippen molar-refractivity contribution >= 4 is 5.97 Å². The largest absolute Gasteiger partial charge is 0.477 e. The Bertz CT molecular complexity index is 215. The molecule has 1 aromatic rings. The van der Waals surface area contributed by atoms with Gasteiger partial charge in [0, 0.05) is 40.9 Å². The zero-order valence-electron chi connectivity index (χ0n) is 5.43. The van der Waals surface area contributed by atoms with Gasteiger partial charge in [0.25, 0.3) is 0 Å². The molecule has 1 rings (SSSR count). The third-order valence-corrected chi connectivity index (χ3v) is 0.884. The second-order valence-corrected chi connectivity index (χ2v) is 1.52. The van der Waals surface area contributed by atoms with E-state index in [1.54, 1.807) is 12.1 Å². The van der Waals surface area contributed by atoms with Crippen molar-refractivity contribution in [3.05, 3.63) is 30.1 Å². The van der Waals surface area contributed by atoms with Crippen molar-refractivity contribution in [2.75, 3.05) is 0 Å². The zero-order valence-corrected chi connectivity index (χ0v) is 7.98. The minimum absolute atomic E-state index is 0. The second-order valence-electron chi connectivity index (χ2n) is 1.52. The molecule has 0 aliphatic rings. The van der Waals surface area contributed by atoms with Crippen molar-refractivity contribution in [2.24, 2.45) is 0 Å². The van der Waals surface area contributed by atoms with E-state index in [9.17, 15) is 4.79 Å². The van der Waals surface area contributed by atoms with Crippen LogP contribution in [0.2, 0.25) is 0 Å². The third-order valence-electron chi connectivity index (χ3n) is 0.884. The number of nitrogens with zero attached hydrogens (tertiary/aromatic N) is 1. The number of pyridine rings is 1. The van der Waals surface area contributed by atoms with Gasteiger partial charge in [-0.1, -0.05) is 6.07 Å². The van der Waals surface area contributed by atoms with Crippen LogP contribution in [0.1, 0.15) is 10.5 Å². The van der Waals surface area contributed by atoms with Crippen LogP contribution >= 0.6 is 0 Å². The Morgan fingerprint density at radius 3 is 2.27 bits per heavy atom. The average molecular weight is 227 g/mol. The molecule has 1 aromatic heterocycles. The van der Waals surface area contributed by atoms with Crippen molar-refractivity contribution in [1.82, 2.24) is 4.98 Å². The number of aromatic nitrogens is 1. The van der Waals surface area contributed by atoms with E-state index in [1.165, 1.54) is 12.3 Å². The Morgan fingerprint density at radius 1 is 1.36 bits per heavy atom. The van der Waals surface area contributed by atoms with Gasteiger partial charge < -0.3 is 5.11 Å². The first-order chi connectivity index (χ1) is 4.30. The minimum Gasteiger partial charge on any atom is -0.477 e. The summed E-state index contributed by atoms with van der Waals surface area (Å²) >= 11 is 0. The van der Waals surface area contributed by atoms with Gasteiger partial charge in [-0.2, -0.15) is 0 Å². The Kier molecular flexibility index (Phi) is 7.73. The fourth-order valence-electron chi connectivity index (χ4n) is 0.489. The summed E-state index contributed by atoms with van der Waals surface area (Å²) in [6, 6.07) is 4.76. The summed E-state index contributed by atoms with van der Waals surface area (Å²) in [6.45, 7) is 0. The summed E-state index contributed by atoms with van der Waals surface area (Å²) in [6.07, 6.45) is 1.45. The van der Waals surface area contributed by atoms with Crippen molar-refractivity contribution in [1.29, 1.82) is 0 Å². The van der Waals surface area contributed by atoms with Crippen molar-refractivity contribution in [3.63, 3.8) is 0 Å². The summed E-state index contributed by atoms with van der Waals surface area (Å²) < 4.78 is 0. The SMILES string of the molecule is O=C(O)c1ccccn1.[Cr].[Cr]. The standard InChI is InChI=1S/C6H5NO2.2Cr/c8-6(9)5-3-1-2-4-7-5;;/h1-4H,(H,8,9);;. The van der Waals surface area contributed by atoms with E-state index in [-0.39, 0.29) is 40.4 Å². The van der Waals surface area contributed by atoms with Gasteiger partial charge in [0.1, 0.15) is 5.69 Å². The van der Waals surface area contributed by atoms with Gasteiger partial charge in [0.05, 0.1) is 0 Å². The first kappa shape index (κ1) is 13.3. The summed E-state index contributed by atoms with van der Waals surface area (Å²) in [5.74, 6) is -0.990. The van der Waals surface area contributed by atoms with Crippen molar-refractivity contribution < 1.29 is 44.6 Å². The molecule has 0 fully saturated rings. The quantitative estimate of drug-likeness (QED) is 0.771. The summed E-state index contributed by atoms with van der Waals surface area (Å²) in [5, 5.41) is 8.32. The molecule has 0 amide bonds. The molecule has 1 N–H and O–H groups in total. The molecule has 0 radical (unpaired) electrons. The molecule has 5 heteroatoms. The molecule has 0 bridgehead atoms. The molecule has 0 aliphatic carbocycles. The van der Waals surface area contributed by atoms with Crippen LogP contribution in [0.15, 0.2) is 24.4 Å². The summed E-state index contributed by atoms with van der Waals surface area (Å²) in [4.78, 5) is 13.7. The van der Waals surface area contributed by atoms with Crippen molar-refractivity contribution in [3.8, 4) is 0 Å². The Hall–Kier alpha value is -0.315. The Morgan fingerprint density at radius 2 is 2.00 bits per heavy atom. The van der Waals surface area contributed by atoms with Gasteiger partial charge in [-0.05, 0) is 12.1 Å². The van der Waals surface area contributed by atoms with E-state index in [4.69, 9.17) is 5.11 Å². The fraction of sp³-hybridized carbons (Fsp3) is 0. The van der Waals surface area contributed by atoms with Gasteiger partial charge in [-0.15, -0.1) is 0 Å². The van der Waals surface area contributed by atoms with E-state index in [0.29, 0.717) is 0 Å². The Labute approximate surface area is 85.7 Å². The van der Waals surface area contributed by atoms with Crippen LogP contribution in [0.5, 0.6) is 0 Å². The van der Waals surface area contributed by atoms with Crippen LogP contribution in [0.25, 0.3) is 0 Å². The average Bonchev–Trinajstić information content (AvgIpc) is 1.90. The number of rotatable bonds is 1. The second kappa shape index (κ2) is 6.40. The monoisotopic (exact) mass is 227 g/mol. The molecule has 1 heterocycles. The van der Waals surface area contributed by atoms with Gasteiger partial charge >= 0.3 is 5.97 Å². The fourth-order valence-corrected chi connectivity index (χ4v) is 0.489. The first-order valence-corrected chi connectivity index (χ1v) is 2.45. The number of hydrogen-bond donors (Lipinski definition) is 1. The van der Waals surface area contributed by atoms with E-state index < -0.39 is 5.97 Å². The predicted molar refractivity (Wildman–Crippen MR) is 31.2 cm³/mol. The van der Waals surface area contributed by atoms with Crippen LogP contribution in [0, 0.1) is 0 Å². The summed E-state index contributed by atoms with van der Waals surface area (Å²) in [5.41, 5.74) is 0.0810. The maximum absolute atomic E-state index is 10.1. The number of carboxylic acids is 1. The molecule has 0 saturated carbocycles. The van der Waals surface area contributed by atoms with Crippen LogP contribution in [-0.4, -0.2) is 16.1 Å². The van der Waals surface area contributed by atoms with Gasteiger partial charge in [-0.25, -0.2) is 9.78 Å². The minimum atomic E-state index is -0.990. The predicted octanol–water partition coefficient (Wildman–Crippen LogP) is 0.775. The van der Waals surface area contributed by atoms with E-state index in [1.807, 2.05) is 0 Å². The smallest absolute Gasteiger partial charge is 0.354 e. The summed E-state index contributed by atoms with van der Waals surface area (Å²) in [7, 11) is 0. The third kappa shape index (κ3) is 4.19. The van der Waals surface area contributed by atoms with Gasteiger partial charge in [0.2, 0.25) is 0 Å². The molecule has 0 aliphatic heterocycles. The number of aromatic carboxylic acids is 1. The number of carbonyl (C=O) groups is 1. The maximum atomic E-state index is 10.1. The maximum Gasteiger partial charge on any atom is 0.354 e. The normalized spacial score (nSPS) is 7.27. The van der Waals surface area contributed by atoms with E-state index >= 15 is 0 Å². The molecular weight excluding hydrogens is 222 g/mol. The molecule has 11 heavy (non-hydrogen) atoms. The zero-order chi connectivity index (χ0) is 6.69.